The van der Waals surface area contributed by atoms with Gasteiger partial charge in [-0.15, -0.1) is 11.3 Å². The molecule has 1 aromatic carbocycles. The van der Waals surface area contributed by atoms with Crippen LogP contribution >= 0.6 is 11.3 Å². The standard InChI is InChI=1S/C13H18N2OS/c1-2-7-16-8-12(15-14)11-9-17-13-6-4-3-5-10(11)13/h3-6,9,12,15H,2,7-8,14H2,1H3. The molecule has 2 rings (SSSR count). The van der Waals surface area contributed by atoms with Gasteiger partial charge in [0.1, 0.15) is 0 Å². The van der Waals surface area contributed by atoms with Crippen molar-refractivity contribution in [2.45, 2.75) is 19.4 Å². The second kappa shape index (κ2) is 6.12. The summed E-state index contributed by atoms with van der Waals surface area (Å²) in [7, 11) is 0. The van der Waals surface area contributed by atoms with E-state index in [1.165, 1.54) is 15.6 Å². The quantitative estimate of drug-likeness (QED) is 0.471. The molecule has 92 valence electrons. The van der Waals surface area contributed by atoms with Gasteiger partial charge < -0.3 is 4.74 Å². The summed E-state index contributed by atoms with van der Waals surface area (Å²) in [5.41, 5.74) is 4.06. The van der Waals surface area contributed by atoms with E-state index in [0.717, 1.165) is 13.0 Å². The number of thiophene rings is 1. The summed E-state index contributed by atoms with van der Waals surface area (Å²) < 4.78 is 6.86. The van der Waals surface area contributed by atoms with E-state index < -0.39 is 0 Å². The topological polar surface area (TPSA) is 47.3 Å². The molecule has 3 N–H and O–H groups in total. The number of ether oxygens (including phenoxy) is 1. The van der Waals surface area contributed by atoms with Gasteiger partial charge in [-0.25, -0.2) is 0 Å². The molecule has 0 saturated carbocycles. The van der Waals surface area contributed by atoms with Crippen LogP contribution in [0.15, 0.2) is 29.6 Å². The van der Waals surface area contributed by atoms with Crippen LogP contribution in [0.3, 0.4) is 0 Å². The summed E-state index contributed by atoms with van der Waals surface area (Å²) in [5, 5.41) is 3.42. The lowest BCUT2D eigenvalue weighted by Crippen LogP contribution is -2.31. The lowest BCUT2D eigenvalue weighted by Gasteiger charge is -2.15. The van der Waals surface area contributed by atoms with Gasteiger partial charge in [0.25, 0.3) is 0 Å². The number of hydrogen-bond acceptors (Lipinski definition) is 4. The van der Waals surface area contributed by atoms with Crippen molar-refractivity contribution < 1.29 is 4.74 Å². The highest BCUT2D eigenvalue weighted by atomic mass is 32.1. The van der Waals surface area contributed by atoms with Crippen LogP contribution in [0.1, 0.15) is 24.9 Å². The molecule has 1 unspecified atom stereocenters. The zero-order valence-corrected chi connectivity index (χ0v) is 10.8. The second-order valence-corrected chi connectivity index (χ2v) is 4.89. The highest BCUT2D eigenvalue weighted by Gasteiger charge is 2.14. The van der Waals surface area contributed by atoms with Crippen LogP contribution < -0.4 is 11.3 Å². The SMILES string of the molecule is CCCOCC(NN)c1csc2ccccc12. The minimum absolute atomic E-state index is 0.0673. The molecule has 0 aliphatic heterocycles. The van der Waals surface area contributed by atoms with Crippen molar-refractivity contribution in [3.05, 3.63) is 35.2 Å². The number of benzene rings is 1. The molecule has 0 amide bonds. The van der Waals surface area contributed by atoms with Crippen LogP contribution in [-0.4, -0.2) is 13.2 Å². The monoisotopic (exact) mass is 250 g/mol. The van der Waals surface area contributed by atoms with E-state index in [9.17, 15) is 0 Å². The van der Waals surface area contributed by atoms with E-state index in [2.05, 4.69) is 42.0 Å². The van der Waals surface area contributed by atoms with Gasteiger partial charge in [-0.1, -0.05) is 25.1 Å². The molecule has 0 spiro atoms. The summed E-state index contributed by atoms with van der Waals surface area (Å²) in [4.78, 5) is 0. The molecule has 0 aliphatic rings. The fraction of sp³-hybridized carbons (Fsp3) is 0.385. The highest BCUT2D eigenvalue weighted by molar-refractivity contribution is 7.17. The third-order valence-electron chi connectivity index (χ3n) is 2.72. The Morgan fingerprint density at radius 1 is 1.41 bits per heavy atom. The predicted octanol–water partition coefficient (Wildman–Crippen LogP) is 2.83. The third-order valence-corrected chi connectivity index (χ3v) is 3.70. The van der Waals surface area contributed by atoms with Gasteiger partial charge in [-0.2, -0.15) is 0 Å². The molecule has 1 aromatic heterocycles. The first-order valence-corrected chi connectivity index (χ1v) is 6.74. The molecule has 0 saturated heterocycles. The summed E-state index contributed by atoms with van der Waals surface area (Å²) in [6.07, 6.45) is 1.03. The smallest absolute Gasteiger partial charge is 0.0707 e. The van der Waals surface area contributed by atoms with Crippen molar-refractivity contribution in [3.8, 4) is 0 Å². The Bertz CT molecular complexity index is 469. The van der Waals surface area contributed by atoms with Gasteiger partial charge in [0.2, 0.25) is 0 Å². The van der Waals surface area contributed by atoms with Crippen LogP contribution in [0.2, 0.25) is 0 Å². The number of hydrogen-bond donors (Lipinski definition) is 2. The van der Waals surface area contributed by atoms with Gasteiger partial charge in [0.05, 0.1) is 12.6 Å². The van der Waals surface area contributed by atoms with Gasteiger partial charge in [0, 0.05) is 11.3 Å². The van der Waals surface area contributed by atoms with Crippen LogP contribution in [0.25, 0.3) is 10.1 Å². The minimum Gasteiger partial charge on any atom is -0.379 e. The summed E-state index contributed by atoms with van der Waals surface area (Å²) in [6, 6.07) is 8.44. The van der Waals surface area contributed by atoms with E-state index in [0.29, 0.717) is 6.61 Å². The van der Waals surface area contributed by atoms with E-state index in [4.69, 9.17) is 10.6 Å². The molecular weight excluding hydrogens is 232 g/mol. The van der Waals surface area contributed by atoms with Crippen molar-refractivity contribution in [2.75, 3.05) is 13.2 Å². The van der Waals surface area contributed by atoms with E-state index in [1.807, 2.05) is 0 Å². The lowest BCUT2D eigenvalue weighted by atomic mass is 10.1. The van der Waals surface area contributed by atoms with Crippen molar-refractivity contribution in [1.29, 1.82) is 0 Å². The van der Waals surface area contributed by atoms with Crippen LogP contribution in [0.4, 0.5) is 0 Å². The molecule has 1 heterocycles. The molecule has 2 aromatic rings. The molecule has 0 bridgehead atoms. The average Bonchev–Trinajstić information content (AvgIpc) is 2.79. The fourth-order valence-corrected chi connectivity index (χ4v) is 2.86. The van der Waals surface area contributed by atoms with Crippen LogP contribution in [-0.2, 0) is 4.74 Å². The Balaban J connectivity index is 2.18. The Morgan fingerprint density at radius 2 is 2.24 bits per heavy atom. The van der Waals surface area contributed by atoms with Gasteiger partial charge >= 0.3 is 0 Å². The van der Waals surface area contributed by atoms with E-state index >= 15 is 0 Å². The second-order valence-electron chi connectivity index (χ2n) is 3.98. The minimum atomic E-state index is 0.0673. The number of nitrogens with one attached hydrogen (secondary N) is 1. The van der Waals surface area contributed by atoms with E-state index in [1.54, 1.807) is 11.3 Å². The van der Waals surface area contributed by atoms with Gasteiger partial charge in [-0.05, 0) is 28.8 Å². The van der Waals surface area contributed by atoms with Crippen molar-refractivity contribution >= 4 is 21.4 Å². The molecule has 1 atom stereocenters. The molecule has 17 heavy (non-hydrogen) atoms. The largest absolute Gasteiger partial charge is 0.379 e. The predicted molar refractivity (Wildman–Crippen MR) is 73.0 cm³/mol. The third kappa shape index (κ3) is 2.84. The first kappa shape index (κ1) is 12.5. The Labute approximate surface area is 106 Å². The Hall–Kier alpha value is -0.940. The number of hydrazine groups is 1. The number of nitrogens with two attached hydrogens (primary N) is 1. The summed E-state index contributed by atoms with van der Waals surface area (Å²) in [6.45, 7) is 3.50. The first-order chi connectivity index (χ1) is 8.36. The zero-order chi connectivity index (χ0) is 12.1. The van der Waals surface area contributed by atoms with Crippen molar-refractivity contribution in [1.82, 2.24) is 5.43 Å². The first-order valence-electron chi connectivity index (χ1n) is 5.86. The number of fused-ring (bicyclic) bond motifs is 1. The molecule has 4 heteroatoms. The Morgan fingerprint density at radius 3 is 3.00 bits per heavy atom. The number of rotatable bonds is 6. The molecule has 0 fully saturated rings. The molecule has 0 aliphatic carbocycles. The molecular formula is C13H18N2OS. The summed E-state index contributed by atoms with van der Waals surface area (Å²) >= 11 is 1.75. The highest BCUT2D eigenvalue weighted by Crippen LogP contribution is 2.29. The molecule has 3 nitrogen and oxygen atoms in total. The maximum Gasteiger partial charge on any atom is 0.0707 e. The van der Waals surface area contributed by atoms with Crippen molar-refractivity contribution in [2.24, 2.45) is 5.84 Å². The average molecular weight is 250 g/mol. The lowest BCUT2D eigenvalue weighted by molar-refractivity contribution is 0.112. The fourth-order valence-electron chi connectivity index (χ4n) is 1.84. The summed E-state index contributed by atoms with van der Waals surface area (Å²) in [5.74, 6) is 5.61. The normalized spacial score (nSPS) is 13.1. The van der Waals surface area contributed by atoms with Crippen molar-refractivity contribution in [3.63, 3.8) is 0 Å². The zero-order valence-electron chi connectivity index (χ0n) is 9.98. The maximum atomic E-state index is 5.61. The van der Waals surface area contributed by atoms with E-state index in [-0.39, 0.29) is 6.04 Å². The molecule has 0 radical (unpaired) electrons. The van der Waals surface area contributed by atoms with Gasteiger partial charge in [-0.3, -0.25) is 11.3 Å². The Kier molecular flexibility index (Phi) is 4.50. The maximum absolute atomic E-state index is 5.61. The van der Waals surface area contributed by atoms with Gasteiger partial charge in [0.15, 0.2) is 0 Å². The van der Waals surface area contributed by atoms with Crippen LogP contribution in [0, 0.1) is 0 Å². The van der Waals surface area contributed by atoms with Crippen LogP contribution in [0.5, 0.6) is 0 Å².